The van der Waals surface area contributed by atoms with Gasteiger partial charge in [-0.3, -0.25) is 0 Å². The Morgan fingerprint density at radius 1 is 1.78 bits per heavy atom. The molecule has 4 heteroatoms. The van der Waals surface area contributed by atoms with Crippen molar-refractivity contribution in [1.82, 2.24) is 0 Å². The molecule has 0 heterocycles. The Bertz CT molecular complexity index is 130. The van der Waals surface area contributed by atoms with E-state index in [4.69, 9.17) is 5.73 Å². The van der Waals surface area contributed by atoms with Crippen LogP contribution in [0.2, 0.25) is 0 Å². The topological polar surface area (TPSA) is 69.4 Å². The van der Waals surface area contributed by atoms with Crippen molar-refractivity contribution < 1.29 is 14.3 Å². The summed E-state index contributed by atoms with van der Waals surface area (Å²) in [6.45, 7) is 1.28. The molecule has 0 radical (unpaired) electrons. The van der Waals surface area contributed by atoms with Crippen LogP contribution in [0.1, 0.15) is 6.92 Å². The summed E-state index contributed by atoms with van der Waals surface area (Å²) in [5.41, 5.74) is 3.64. The van der Waals surface area contributed by atoms with E-state index in [-0.39, 0.29) is 0 Å². The van der Waals surface area contributed by atoms with Gasteiger partial charge in [-0.25, -0.2) is 4.79 Å². The van der Waals surface area contributed by atoms with Gasteiger partial charge in [0.1, 0.15) is 0 Å². The molecular formula is C5H9NO3. The monoisotopic (exact) mass is 131 g/mol. The van der Waals surface area contributed by atoms with Crippen LogP contribution in [0.15, 0.2) is 0 Å². The van der Waals surface area contributed by atoms with Crippen LogP contribution in [-0.4, -0.2) is 24.9 Å². The number of rotatable bonds is 2. The van der Waals surface area contributed by atoms with E-state index >= 15 is 0 Å². The van der Waals surface area contributed by atoms with Crippen LogP contribution in [0.25, 0.3) is 0 Å². The van der Waals surface area contributed by atoms with Gasteiger partial charge in [0.15, 0.2) is 11.8 Å². The second kappa shape index (κ2) is 2.59. The molecule has 9 heavy (non-hydrogen) atoms. The normalized spacial score (nSPS) is 15.9. The highest BCUT2D eigenvalue weighted by Gasteiger charge is 2.28. The second-order valence-electron chi connectivity index (χ2n) is 1.89. The highest BCUT2D eigenvalue weighted by molar-refractivity contribution is 5.97. The Labute approximate surface area is 53.0 Å². The molecule has 0 fully saturated rings. The van der Waals surface area contributed by atoms with Crippen LogP contribution < -0.4 is 5.73 Å². The van der Waals surface area contributed by atoms with Crippen LogP contribution in [-0.2, 0) is 14.3 Å². The number of carbonyl (C=O) groups is 2. The quantitative estimate of drug-likeness (QED) is 0.299. The molecule has 0 amide bonds. The number of nitrogens with two attached hydrogens (primary N) is 1. The van der Waals surface area contributed by atoms with Crippen molar-refractivity contribution in [2.75, 3.05) is 7.11 Å². The molecule has 0 aromatic rings. The van der Waals surface area contributed by atoms with E-state index in [9.17, 15) is 9.59 Å². The first-order chi connectivity index (χ1) is 4.04. The molecule has 0 aliphatic rings. The van der Waals surface area contributed by atoms with Gasteiger partial charge in [0.2, 0.25) is 0 Å². The van der Waals surface area contributed by atoms with Crippen LogP contribution >= 0.6 is 0 Å². The summed E-state index contributed by atoms with van der Waals surface area (Å²) in [6, 6.07) is 0. The maximum atomic E-state index is 10.5. The highest BCUT2D eigenvalue weighted by Crippen LogP contribution is 1.95. The number of hydrogen-bond donors (Lipinski definition) is 1. The average Bonchev–Trinajstić information content (AvgIpc) is 1.86. The number of aldehydes is 1. The van der Waals surface area contributed by atoms with Crippen molar-refractivity contribution in [3.8, 4) is 0 Å². The Kier molecular flexibility index (Phi) is 2.33. The Balaban J connectivity index is 4.14. The zero-order valence-electron chi connectivity index (χ0n) is 5.38. The number of hydrogen-bond acceptors (Lipinski definition) is 4. The molecule has 0 saturated heterocycles. The van der Waals surface area contributed by atoms with Gasteiger partial charge in [-0.15, -0.1) is 0 Å². The minimum Gasteiger partial charge on any atom is -0.467 e. The molecule has 52 valence electrons. The zero-order valence-corrected chi connectivity index (χ0v) is 5.38. The molecule has 0 bridgehead atoms. The van der Waals surface area contributed by atoms with Gasteiger partial charge >= 0.3 is 5.97 Å². The summed E-state index contributed by atoms with van der Waals surface area (Å²) in [6.07, 6.45) is 0.346. The van der Waals surface area contributed by atoms with E-state index in [1.165, 1.54) is 14.0 Å². The van der Waals surface area contributed by atoms with Crippen molar-refractivity contribution >= 4 is 12.3 Å². The number of esters is 1. The maximum absolute atomic E-state index is 10.5. The first-order valence-corrected chi connectivity index (χ1v) is 2.38. The molecule has 0 spiro atoms. The third kappa shape index (κ3) is 1.81. The predicted octanol–water partition coefficient (Wildman–Crippen LogP) is -0.924. The van der Waals surface area contributed by atoms with E-state index in [2.05, 4.69) is 4.74 Å². The van der Waals surface area contributed by atoms with Gasteiger partial charge in [-0.1, -0.05) is 0 Å². The van der Waals surface area contributed by atoms with E-state index in [0.29, 0.717) is 6.29 Å². The largest absolute Gasteiger partial charge is 0.467 e. The maximum Gasteiger partial charge on any atom is 0.333 e. The lowest BCUT2D eigenvalue weighted by Crippen LogP contribution is -2.47. The van der Waals surface area contributed by atoms with Gasteiger partial charge in [-0.05, 0) is 6.92 Å². The number of ether oxygens (including phenoxy) is 1. The molecule has 1 unspecified atom stereocenters. The lowest BCUT2D eigenvalue weighted by atomic mass is 10.1. The minimum atomic E-state index is -1.49. The molecule has 0 aromatic carbocycles. The van der Waals surface area contributed by atoms with Gasteiger partial charge < -0.3 is 15.3 Å². The lowest BCUT2D eigenvalue weighted by Gasteiger charge is -2.11. The van der Waals surface area contributed by atoms with Crippen molar-refractivity contribution in [1.29, 1.82) is 0 Å². The van der Waals surface area contributed by atoms with Gasteiger partial charge in [0.05, 0.1) is 7.11 Å². The molecule has 1 atom stereocenters. The van der Waals surface area contributed by atoms with Gasteiger partial charge in [-0.2, -0.15) is 0 Å². The average molecular weight is 131 g/mol. The minimum absolute atomic E-state index is 0.346. The second-order valence-corrected chi connectivity index (χ2v) is 1.89. The predicted molar refractivity (Wildman–Crippen MR) is 30.7 cm³/mol. The van der Waals surface area contributed by atoms with Crippen molar-refractivity contribution in [3.63, 3.8) is 0 Å². The molecule has 2 N–H and O–H groups in total. The summed E-state index contributed by atoms with van der Waals surface area (Å²) in [4.78, 5) is 20.5. The summed E-state index contributed by atoms with van der Waals surface area (Å²) >= 11 is 0. The molecule has 0 aliphatic heterocycles. The van der Waals surface area contributed by atoms with E-state index in [0.717, 1.165) is 0 Å². The number of methoxy groups -OCH3 is 1. The molecule has 0 rings (SSSR count). The third-order valence-electron chi connectivity index (χ3n) is 0.870. The standard InChI is InChI=1S/C5H9NO3/c1-5(6,3-7)4(8)9-2/h3H,6H2,1-2H3. The van der Waals surface area contributed by atoms with E-state index < -0.39 is 11.5 Å². The lowest BCUT2D eigenvalue weighted by molar-refractivity contribution is -0.147. The Hall–Kier alpha value is -0.900. The summed E-state index contributed by atoms with van der Waals surface area (Å²) in [5.74, 6) is -0.725. The third-order valence-corrected chi connectivity index (χ3v) is 0.870. The first-order valence-electron chi connectivity index (χ1n) is 2.38. The molecule has 0 aliphatic carbocycles. The van der Waals surface area contributed by atoms with Crippen molar-refractivity contribution in [2.24, 2.45) is 5.73 Å². The highest BCUT2D eigenvalue weighted by atomic mass is 16.5. The Morgan fingerprint density at radius 2 is 2.22 bits per heavy atom. The van der Waals surface area contributed by atoms with Crippen LogP contribution in [0.3, 0.4) is 0 Å². The van der Waals surface area contributed by atoms with E-state index in [1.807, 2.05) is 0 Å². The fourth-order valence-corrected chi connectivity index (χ4v) is 0.268. The van der Waals surface area contributed by atoms with Crippen LogP contribution in [0.5, 0.6) is 0 Å². The fourth-order valence-electron chi connectivity index (χ4n) is 0.268. The summed E-state index contributed by atoms with van der Waals surface area (Å²) in [7, 11) is 1.18. The van der Waals surface area contributed by atoms with Crippen LogP contribution in [0, 0.1) is 0 Å². The van der Waals surface area contributed by atoms with Crippen LogP contribution in [0.4, 0.5) is 0 Å². The summed E-state index contributed by atoms with van der Waals surface area (Å²) in [5, 5.41) is 0. The van der Waals surface area contributed by atoms with E-state index in [1.54, 1.807) is 0 Å². The van der Waals surface area contributed by atoms with Gasteiger partial charge in [0.25, 0.3) is 0 Å². The van der Waals surface area contributed by atoms with Crippen molar-refractivity contribution in [2.45, 2.75) is 12.5 Å². The molecule has 4 nitrogen and oxygen atoms in total. The zero-order chi connectivity index (χ0) is 7.49. The smallest absolute Gasteiger partial charge is 0.333 e. The fraction of sp³-hybridized carbons (Fsp3) is 0.600. The number of carbonyl (C=O) groups excluding carboxylic acids is 2. The van der Waals surface area contributed by atoms with Gasteiger partial charge in [0, 0.05) is 0 Å². The first kappa shape index (κ1) is 8.10. The molecular weight excluding hydrogens is 122 g/mol. The SMILES string of the molecule is COC(=O)C(C)(N)C=O. The summed E-state index contributed by atoms with van der Waals surface area (Å²) < 4.78 is 4.21. The van der Waals surface area contributed by atoms with Crippen molar-refractivity contribution in [3.05, 3.63) is 0 Å². The molecule has 0 saturated carbocycles. The Morgan fingerprint density at radius 3 is 2.33 bits per heavy atom. The molecule has 0 aromatic heterocycles.